The maximum Gasteiger partial charge on any atom is 0.332 e. The molecular formula is C20H24N4O2. The third-order valence-corrected chi connectivity index (χ3v) is 4.23. The number of aryl methyl sites for hydroxylation is 1. The highest BCUT2D eigenvalue weighted by atomic mass is 16.2. The SMILES string of the molecule is CCCn1c(=O)c2[nH]c(C/C=C/c3ccccc3)nc2n(CCC)c1=O. The Hall–Kier alpha value is -2.89. The highest BCUT2D eigenvalue weighted by Gasteiger charge is 2.16. The minimum atomic E-state index is -0.287. The summed E-state index contributed by atoms with van der Waals surface area (Å²) in [5.74, 6) is 0.683. The van der Waals surface area contributed by atoms with Crippen molar-refractivity contribution in [1.29, 1.82) is 0 Å². The number of nitrogens with one attached hydrogen (secondary N) is 1. The van der Waals surface area contributed by atoms with Gasteiger partial charge in [-0.1, -0.05) is 56.3 Å². The Morgan fingerprint density at radius 3 is 2.42 bits per heavy atom. The summed E-state index contributed by atoms with van der Waals surface area (Å²) in [5.41, 5.74) is 1.41. The van der Waals surface area contributed by atoms with Gasteiger partial charge in [-0.25, -0.2) is 9.78 Å². The Kier molecular flexibility index (Phi) is 5.51. The van der Waals surface area contributed by atoms with Crippen LogP contribution in [-0.4, -0.2) is 19.1 Å². The fourth-order valence-electron chi connectivity index (χ4n) is 3.03. The van der Waals surface area contributed by atoms with Crippen molar-refractivity contribution in [3.63, 3.8) is 0 Å². The Balaban J connectivity index is 2.00. The molecule has 0 bridgehead atoms. The topological polar surface area (TPSA) is 72.7 Å². The molecule has 3 aromatic rings. The van der Waals surface area contributed by atoms with E-state index < -0.39 is 0 Å². The van der Waals surface area contributed by atoms with Crippen molar-refractivity contribution >= 4 is 17.2 Å². The number of H-pyrrole nitrogens is 1. The van der Waals surface area contributed by atoms with Gasteiger partial charge in [0.2, 0.25) is 0 Å². The zero-order chi connectivity index (χ0) is 18.5. The van der Waals surface area contributed by atoms with Crippen LogP contribution in [0.25, 0.3) is 17.2 Å². The molecule has 0 aliphatic heterocycles. The summed E-state index contributed by atoms with van der Waals surface area (Å²) in [5, 5.41) is 0. The molecule has 0 amide bonds. The van der Waals surface area contributed by atoms with Gasteiger partial charge in [0.25, 0.3) is 5.56 Å². The molecule has 136 valence electrons. The van der Waals surface area contributed by atoms with E-state index in [-0.39, 0.29) is 11.2 Å². The number of nitrogens with zero attached hydrogens (tertiary/aromatic N) is 3. The molecule has 6 nitrogen and oxygen atoms in total. The molecule has 0 saturated heterocycles. The van der Waals surface area contributed by atoms with Crippen LogP contribution in [0, 0.1) is 0 Å². The van der Waals surface area contributed by atoms with Gasteiger partial charge in [-0.05, 0) is 18.4 Å². The van der Waals surface area contributed by atoms with E-state index in [1.807, 2.05) is 56.3 Å². The molecule has 0 radical (unpaired) electrons. The van der Waals surface area contributed by atoms with Gasteiger partial charge in [0, 0.05) is 19.5 Å². The average Bonchev–Trinajstić information content (AvgIpc) is 3.07. The molecule has 6 heteroatoms. The predicted molar refractivity (Wildman–Crippen MR) is 104 cm³/mol. The lowest BCUT2D eigenvalue weighted by Crippen LogP contribution is -2.40. The van der Waals surface area contributed by atoms with Gasteiger partial charge in [-0.2, -0.15) is 0 Å². The van der Waals surface area contributed by atoms with E-state index in [0.717, 1.165) is 18.4 Å². The standard InChI is InChI=1S/C20H24N4O2/c1-3-13-23-18-17(19(25)24(14-4-2)20(23)26)21-16(22-18)12-8-11-15-9-6-5-7-10-15/h5-11H,3-4,12-14H2,1-2H3,(H,21,22)/b11-8+. The van der Waals surface area contributed by atoms with E-state index in [0.29, 0.717) is 36.5 Å². The van der Waals surface area contributed by atoms with Gasteiger partial charge >= 0.3 is 5.69 Å². The Labute approximate surface area is 151 Å². The van der Waals surface area contributed by atoms with Gasteiger partial charge in [0.1, 0.15) is 11.3 Å². The van der Waals surface area contributed by atoms with E-state index in [2.05, 4.69) is 9.97 Å². The second kappa shape index (κ2) is 7.99. The maximum atomic E-state index is 12.7. The Morgan fingerprint density at radius 1 is 1.04 bits per heavy atom. The van der Waals surface area contributed by atoms with Crippen LogP contribution in [0.3, 0.4) is 0 Å². The van der Waals surface area contributed by atoms with E-state index in [4.69, 9.17) is 0 Å². The third-order valence-electron chi connectivity index (χ3n) is 4.23. The van der Waals surface area contributed by atoms with Crippen molar-refractivity contribution in [3.05, 3.63) is 68.6 Å². The first kappa shape index (κ1) is 17.9. The van der Waals surface area contributed by atoms with Crippen molar-refractivity contribution in [1.82, 2.24) is 19.1 Å². The minimum Gasteiger partial charge on any atom is -0.336 e. The predicted octanol–water partition coefficient (Wildman–Crippen LogP) is 2.96. The van der Waals surface area contributed by atoms with Crippen molar-refractivity contribution < 1.29 is 0 Å². The van der Waals surface area contributed by atoms with Crippen LogP contribution < -0.4 is 11.2 Å². The molecule has 0 spiro atoms. The Bertz CT molecular complexity index is 1030. The second-order valence-electron chi connectivity index (χ2n) is 6.29. The molecule has 1 N–H and O–H groups in total. The molecular weight excluding hydrogens is 328 g/mol. The summed E-state index contributed by atoms with van der Waals surface area (Å²) >= 11 is 0. The first-order chi connectivity index (χ1) is 12.7. The normalized spacial score (nSPS) is 11.6. The van der Waals surface area contributed by atoms with Crippen molar-refractivity contribution in [2.24, 2.45) is 0 Å². The molecule has 0 aliphatic rings. The number of hydrogen-bond acceptors (Lipinski definition) is 3. The van der Waals surface area contributed by atoms with Crippen molar-refractivity contribution in [3.8, 4) is 0 Å². The van der Waals surface area contributed by atoms with Crippen LogP contribution in [0.4, 0.5) is 0 Å². The number of fused-ring (bicyclic) bond motifs is 1. The van der Waals surface area contributed by atoms with Crippen LogP contribution in [0.2, 0.25) is 0 Å². The molecule has 2 heterocycles. The minimum absolute atomic E-state index is 0.274. The van der Waals surface area contributed by atoms with E-state index in [1.165, 1.54) is 4.57 Å². The molecule has 0 aliphatic carbocycles. The smallest absolute Gasteiger partial charge is 0.332 e. The number of hydrogen-bond donors (Lipinski definition) is 1. The summed E-state index contributed by atoms with van der Waals surface area (Å²) in [4.78, 5) is 33.0. The summed E-state index contributed by atoms with van der Waals surface area (Å²) in [7, 11) is 0. The molecule has 0 fully saturated rings. The largest absolute Gasteiger partial charge is 0.336 e. The molecule has 1 aromatic carbocycles. The highest BCUT2D eigenvalue weighted by molar-refractivity contribution is 5.70. The third kappa shape index (κ3) is 3.54. The average molecular weight is 352 g/mol. The van der Waals surface area contributed by atoms with Gasteiger partial charge in [-0.3, -0.25) is 13.9 Å². The van der Waals surface area contributed by atoms with Crippen LogP contribution in [0.15, 0.2) is 46.0 Å². The lowest BCUT2D eigenvalue weighted by atomic mass is 10.2. The molecule has 0 atom stereocenters. The number of allylic oxidation sites excluding steroid dienone is 1. The van der Waals surface area contributed by atoms with Gasteiger partial charge in [0.05, 0.1) is 0 Å². The van der Waals surface area contributed by atoms with E-state index >= 15 is 0 Å². The maximum absolute atomic E-state index is 12.7. The zero-order valence-electron chi connectivity index (χ0n) is 15.2. The van der Waals surface area contributed by atoms with Crippen LogP contribution in [0.5, 0.6) is 0 Å². The molecule has 3 rings (SSSR count). The Morgan fingerprint density at radius 2 is 1.73 bits per heavy atom. The second-order valence-corrected chi connectivity index (χ2v) is 6.29. The quantitative estimate of drug-likeness (QED) is 0.710. The molecule has 0 unspecified atom stereocenters. The summed E-state index contributed by atoms with van der Waals surface area (Å²) in [6.07, 6.45) is 6.11. The van der Waals surface area contributed by atoms with E-state index in [1.54, 1.807) is 4.57 Å². The summed E-state index contributed by atoms with van der Waals surface area (Å²) in [6.45, 7) is 4.92. The summed E-state index contributed by atoms with van der Waals surface area (Å²) < 4.78 is 2.91. The molecule has 2 aromatic heterocycles. The zero-order valence-corrected chi connectivity index (χ0v) is 15.2. The van der Waals surface area contributed by atoms with Gasteiger partial charge in [-0.15, -0.1) is 0 Å². The van der Waals surface area contributed by atoms with Crippen LogP contribution in [0.1, 0.15) is 38.1 Å². The van der Waals surface area contributed by atoms with Gasteiger partial charge < -0.3 is 4.98 Å². The molecule has 0 saturated carbocycles. The lowest BCUT2D eigenvalue weighted by Gasteiger charge is -2.09. The van der Waals surface area contributed by atoms with Gasteiger partial charge in [0.15, 0.2) is 5.65 Å². The van der Waals surface area contributed by atoms with Crippen molar-refractivity contribution in [2.75, 3.05) is 0 Å². The molecule has 26 heavy (non-hydrogen) atoms. The lowest BCUT2D eigenvalue weighted by molar-refractivity contribution is 0.555. The van der Waals surface area contributed by atoms with Crippen LogP contribution in [-0.2, 0) is 19.5 Å². The first-order valence-corrected chi connectivity index (χ1v) is 9.09. The number of rotatable bonds is 7. The fourth-order valence-corrected chi connectivity index (χ4v) is 3.03. The number of aromatic nitrogens is 4. The van der Waals surface area contributed by atoms with E-state index in [9.17, 15) is 9.59 Å². The highest BCUT2D eigenvalue weighted by Crippen LogP contribution is 2.09. The van der Waals surface area contributed by atoms with Crippen LogP contribution >= 0.6 is 0 Å². The van der Waals surface area contributed by atoms with Crippen molar-refractivity contribution in [2.45, 2.75) is 46.2 Å². The first-order valence-electron chi connectivity index (χ1n) is 9.09. The summed E-state index contributed by atoms with van der Waals surface area (Å²) in [6, 6.07) is 10.0. The number of benzene rings is 1. The fraction of sp³-hybridized carbons (Fsp3) is 0.350. The number of imidazole rings is 1. The number of aromatic amines is 1. The monoisotopic (exact) mass is 352 g/mol.